The normalized spacial score (nSPS) is 10.4. The van der Waals surface area contributed by atoms with Crippen LogP contribution in [0, 0.1) is 12.7 Å². The highest BCUT2D eigenvalue weighted by molar-refractivity contribution is 6.32. The van der Waals surface area contributed by atoms with Gasteiger partial charge in [-0.25, -0.2) is 4.39 Å². The van der Waals surface area contributed by atoms with Gasteiger partial charge in [0.2, 0.25) is 0 Å². The van der Waals surface area contributed by atoms with Gasteiger partial charge in [0.05, 0.1) is 11.6 Å². The molecule has 0 saturated heterocycles. The predicted molar refractivity (Wildman–Crippen MR) is 68.6 cm³/mol. The number of para-hydroxylation sites is 1. The zero-order valence-electron chi connectivity index (χ0n) is 9.78. The van der Waals surface area contributed by atoms with Gasteiger partial charge in [-0.15, -0.1) is 0 Å². The van der Waals surface area contributed by atoms with Crippen molar-refractivity contribution in [3.8, 4) is 11.5 Å². The number of ether oxygens (including phenoxy) is 1. The maximum absolute atomic E-state index is 13.1. The molecule has 0 fully saturated rings. The molecule has 18 heavy (non-hydrogen) atoms. The van der Waals surface area contributed by atoms with Crippen molar-refractivity contribution < 1.29 is 14.2 Å². The Morgan fingerprint density at radius 3 is 2.72 bits per heavy atom. The summed E-state index contributed by atoms with van der Waals surface area (Å²) in [5.74, 6) is 0.591. The van der Waals surface area contributed by atoms with E-state index in [9.17, 15) is 9.50 Å². The van der Waals surface area contributed by atoms with Gasteiger partial charge < -0.3 is 9.84 Å². The second-order valence-corrected chi connectivity index (χ2v) is 4.31. The van der Waals surface area contributed by atoms with Crippen LogP contribution in [0.25, 0.3) is 0 Å². The Morgan fingerprint density at radius 1 is 1.28 bits per heavy atom. The van der Waals surface area contributed by atoms with Crippen molar-refractivity contribution in [2.75, 3.05) is 0 Å². The molecule has 0 aliphatic rings. The average Bonchev–Trinajstić information content (AvgIpc) is 2.36. The molecule has 2 nitrogen and oxygen atoms in total. The summed E-state index contributed by atoms with van der Waals surface area (Å²) >= 11 is 6.02. The zero-order valence-corrected chi connectivity index (χ0v) is 10.5. The lowest BCUT2D eigenvalue weighted by Crippen LogP contribution is -1.93. The molecule has 0 aliphatic heterocycles. The van der Waals surface area contributed by atoms with Gasteiger partial charge in [-0.2, -0.15) is 0 Å². The Kier molecular flexibility index (Phi) is 3.84. The molecule has 0 amide bonds. The number of halogens is 2. The summed E-state index contributed by atoms with van der Waals surface area (Å²) in [7, 11) is 0. The molecule has 0 radical (unpaired) electrons. The Hall–Kier alpha value is -1.58. The van der Waals surface area contributed by atoms with Crippen molar-refractivity contribution in [3.63, 3.8) is 0 Å². The van der Waals surface area contributed by atoms with Crippen LogP contribution in [0.1, 0.15) is 11.1 Å². The van der Waals surface area contributed by atoms with Gasteiger partial charge in [0, 0.05) is 5.56 Å². The second-order valence-electron chi connectivity index (χ2n) is 3.90. The molecule has 2 aromatic rings. The van der Waals surface area contributed by atoms with Crippen LogP contribution in [0.5, 0.6) is 11.5 Å². The van der Waals surface area contributed by atoms with Crippen molar-refractivity contribution in [1.29, 1.82) is 0 Å². The summed E-state index contributed by atoms with van der Waals surface area (Å²) in [6.07, 6.45) is 0. The number of hydrogen-bond donors (Lipinski definition) is 1. The fourth-order valence-corrected chi connectivity index (χ4v) is 1.82. The van der Waals surface area contributed by atoms with Gasteiger partial charge in [0.25, 0.3) is 0 Å². The van der Waals surface area contributed by atoms with E-state index >= 15 is 0 Å². The third-order valence-electron chi connectivity index (χ3n) is 2.57. The first-order valence-electron chi connectivity index (χ1n) is 5.44. The van der Waals surface area contributed by atoms with E-state index in [-0.39, 0.29) is 12.4 Å². The molecule has 0 unspecified atom stereocenters. The van der Waals surface area contributed by atoms with Crippen LogP contribution in [0.15, 0.2) is 36.4 Å². The summed E-state index contributed by atoms with van der Waals surface area (Å²) in [5, 5.41) is 9.63. The molecule has 4 heteroatoms. The first-order chi connectivity index (χ1) is 8.61. The van der Waals surface area contributed by atoms with Crippen molar-refractivity contribution in [3.05, 3.63) is 58.4 Å². The van der Waals surface area contributed by atoms with Crippen LogP contribution in [-0.4, -0.2) is 5.11 Å². The number of hydrogen-bond acceptors (Lipinski definition) is 2. The maximum Gasteiger partial charge on any atom is 0.151 e. The van der Waals surface area contributed by atoms with Gasteiger partial charge in [-0.05, 0) is 36.8 Å². The second kappa shape index (κ2) is 5.38. The summed E-state index contributed by atoms with van der Waals surface area (Å²) in [6.45, 7) is 1.48. The van der Waals surface area contributed by atoms with Crippen molar-refractivity contribution in [1.82, 2.24) is 0 Å². The quantitative estimate of drug-likeness (QED) is 0.907. The van der Waals surface area contributed by atoms with Crippen molar-refractivity contribution in [2.24, 2.45) is 0 Å². The van der Waals surface area contributed by atoms with Crippen LogP contribution < -0.4 is 4.74 Å². The summed E-state index contributed by atoms with van der Waals surface area (Å²) in [6, 6.07) is 9.56. The molecular weight excluding hydrogens is 255 g/mol. The fourth-order valence-electron chi connectivity index (χ4n) is 1.59. The van der Waals surface area contributed by atoms with Gasteiger partial charge in [0.1, 0.15) is 11.6 Å². The Labute approximate surface area is 110 Å². The number of aliphatic hydroxyl groups is 1. The maximum atomic E-state index is 13.1. The minimum absolute atomic E-state index is 0.171. The first-order valence-corrected chi connectivity index (χ1v) is 5.82. The van der Waals surface area contributed by atoms with E-state index in [4.69, 9.17) is 16.3 Å². The number of aliphatic hydroxyl groups excluding tert-OH is 1. The van der Waals surface area contributed by atoms with Gasteiger partial charge in [-0.3, -0.25) is 0 Å². The van der Waals surface area contributed by atoms with Gasteiger partial charge in [0.15, 0.2) is 5.75 Å². The monoisotopic (exact) mass is 266 g/mol. The molecule has 0 bridgehead atoms. The molecule has 94 valence electrons. The largest absolute Gasteiger partial charge is 0.455 e. The van der Waals surface area contributed by atoms with E-state index in [1.54, 1.807) is 31.2 Å². The van der Waals surface area contributed by atoms with Crippen LogP contribution in [0.2, 0.25) is 5.02 Å². The topological polar surface area (TPSA) is 29.5 Å². The lowest BCUT2D eigenvalue weighted by molar-refractivity contribution is 0.276. The number of aryl methyl sites for hydroxylation is 1. The van der Waals surface area contributed by atoms with E-state index in [1.165, 1.54) is 12.1 Å². The highest BCUT2D eigenvalue weighted by atomic mass is 35.5. The number of rotatable bonds is 3. The van der Waals surface area contributed by atoms with E-state index in [2.05, 4.69) is 0 Å². The zero-order chi connectivity index (χ0) is 13.1. The predicted octanol–water partition coefficient (Wildman–Crippen LogP) is 4.07. The van der Waals surface area contributed by atoms with Crippen molar-refractivity contribution in [2.45, 2.75) is 13.5 Å². The third-order valence-corrected chi connectivity index (χ3v) is 2.87. The Morgan fingerprint density at radius 2 is 2.06 bits per heavy atom. The first kappa shape index (κ1) is 12.9. The van der Waals surface area contributed by atoms with Gasteiger partial charge in [-0.1, -0.05) is 23.7 Å². The highest BCUT2D eigenvalue weighted by Crippen LogP contribution is 2.33. The van der Waals surface area contributed by atoms with E-state index in [1.807, 2.05) is 0 Å². The molecule has 0 aromatic heterocycles. The standard InChI is InChI=1S/C14H12ClFO2/c1-9-7-11(5-6-13(9)16)18-14-10(8-17)3-2-4-12(14)15/h2-7,17H,8H2,1H3. The molecule has 0 heterocycles. The Bertz CT molecular complexity index is 570. The minimum atomic E-state index is -0.288. The fraction of sp³-hybridized carbons (Fsp3) is 0.143. The SMILES string of the molecule is Cc1cc(Oc2c(Cl)cccc2CO)ccc1F. The summed E-state index contributed by atoms with van der Waals surface area (Å²) in [4.78, 5) is 0. The van der Waals surface area contributed by atoms with Crippen LogP contribution in [0.3, 0.4) is 0 Å². The number of benzene rings is 2. The van der Waals surface area contributed by atoms with E-state index in [0.717, 1.165) is 0 Å². The minimum Gasteiger partial charge on any atom is -0.455 e. The molecular formula is C14H12ClFO2. The lowest BCUT2D eigenvalue weighted by atomic mass is 10.2. The molecule has 2 rings (SSSR count). The van der Waals surface area contributed by atoms with Crippen LogP contribution in [0.4, 0.5) is 4.39 Å². The van der Waals surface area contributed by atoms with Crippen LogP contribution >= 0.6 is 11.6 Å². The molecule has 2 aromatic carbocycles. The molecule has 0 spiro atoms. The molecule has 1 N–H and O–H groups in total. The summed E-state index contributed by atoms with van der Waals surface area (Å²) in [5.41, 5.74) is 1.08. The molecule has 0 saturated carbocycles. The molecule has 0 atom stereocenters. The molecule has 0 aliphatic carbocycles. The average molecular weight is 267 g/mol. The third kappa shape index (κ3) is 2.63. The van der Waals surface area contributed by atoms with Crippen LogP contribution in [-0.2, 0) is 6.61 Å². The van der Waals surface area contributed by atoms with Gasteiger partial charge >= 0.3 is 0 Å². The Balaban J connectivity index is 2.36. The van der Waals surface area contributed by atoms with Crippen molar-refractivity contribution >= 4 is 11.6 Å². The smallest absolute Gasteiger partial charge is 0.151 e. The van der Waals surface area contributed by atoms with E-state index < -0.39 is 0 Å². The summed E-state index contributed by atoms with van der Waals surface area (Å²) < 4.78 is 18.7. The lowest BCUT2D eigenvalue weighted by Gasteiger charge is -2.12. The van der Waals surface area contributed by atoms with E-state index in [0.29, 0.717) is 27.6 Å². The highest BCUT2D eigenvalue weighted by Gasteiger charge is 2.09.